The molecule has 0 aromatic rings. The van der Waals surface area contributed by atoms with E-state index in [-0.39, 0.29) is 12.2 Å². The lowest BCUT2D eigenvalue weighted by atomic mass is 9.44. The quantitative estimate of drug-likeness (QED) is 0.265. The Hall–Kier alpha value is -1.57. The molecule has 11 heteroatoms. The van der Waals surface area contributed by atoms with E-state index in [0.717, 1.165) is 0 Å². The molecule has 1 aliphatic heterocycles. The maximum atomic E-state index is 17.3. The van der Waals surface area contributed by atoms with Gasteiger partial charge in [0, 0.05) is 16.7 Å². The normalized spacial score (nSPS) is 53.0. The molecule has 4 fully saturated rings. The first-order valence-electron chi connectivity index (χ1n) is 13.7. The summed E-state index contributed by atoms with van der Waals surface area (Å²) in [6, 6.07) is 0. The molecule has 0 aromatic heterocycles. The van der Waals surface area contributed by atoms with Crippen molar-refractivity contribution in [2.45, 2.75) is 94.5 Å². The first kappa shape index (κ1) is 28.9. The second-order valence-corrected chi connectivity index (χ2v) is 12.6. The van der Waals surface area contributed by atoms with Gasteiger partial charge in [0.05, 0.1) is 12.7 Å². The lowest BCUT2D eigenvalue weighted by Crippen LogP contribution is -2.69. The van der Waals surface area contributed by atoms with Crippen LogP contribution < -0.4 is 0 Å². The van der Waals surface area contributed by atoms with Crippen molar-refractivity contribution < 1.29 is 54.1 Å². The molecule has 6 N–H and O–H groups in total. The van der Waals surface area contributed by atoms with Crippen molar-refractivity contribution in [2.24, 2.45) is 28.6 Å². The summed E-state index contributed by atoms with van der Waals surface area (Å²) in [4.78, 5) is 25.7. The highest BCUT2D eigenvalue weighted by Gasteiger charge is 2.75. The van der Waals surface area contributed by atoms with Gasteiger partial charge < -0.3 is 40.1 Å². The van der Waals surface area contributed by atoms with Crippen LogP contribution in [0, 0.1) is 28.6 Å². The molecule has 0 bridgehead atoms. The SMILES string of the molecule is C[C@@H]1CC2C3CCC4=CC(=O)C=CC4(C)[C@@]3(F)C(O)CC2(C)[C@@]1(O)C(=O)CO[C@@H]1O[C@H](CO)[C@@H](O)[C@H](O)[C@H]1O. The maximum absolute atomic E-state index is 17.3. The number of aliphatic hydroxyl groups excluding tert-OH is 5. The third kappa shape index (κ3) is 3.74. The molecule has 13 atom stereocenters. The fourth-order valence-corrected chi connectivity index (χ4v) is 8.61. The zero-order valence-corrected chi connectivity index (χ0v) is 22.4. The molecular formula is C28H39FO10. The molecule has 5 rings (SSSR count). The first-order chi connectivity index (χ1) is 18.2. The van der Waals surface area contributed by atoms with E-state index in [0.29, 0.717) is 24.8 Å². The molecule has 39 heavy (non-hydrogen) atoms. The highest BCUT2D eigenvalue weighted by Crippen LogP contribution is 2.70. The predicted molar refractivity (Wildman–Crippen MR) is 133 cm³/mol. The Morgan fingerprint density at radius 2 is 1.85 bits per heavy atom. The summed E-state index contributed by atoms with van der Waals surface area (Å²) < 4.78 is 28.0. The molecule has 5 aliphatic rings. The van der Waals surface area contributed by atoms with Crippen LogP contribution in [0.4, 0.5) is 4.39 Å². The number of alkyl halides is 1. The lowest BCUT2D eigenvalue weighted by molar-refractivity contribution is -0.300. The summed E-state index contributed by atoms with van der Waals surface area (Å²) in [6.07, 6.45) is -3.99. The Bertz CT molecular complexity index is 1090. The first-order valence-corrected chi connectivity index (χ1v) is 13.7. The van der Waals surface area contributed by atoms with E-state index in [9.17, 15) is 40.2 Å². The van der Waals surface area contributed by atoms with E-state index in [1.165, 1.54) is 12.2 Å². The predicted octanol–water partition coefficient (Wildman–Crippen LogP) is -0.280. The third-order valence-electron chi connectivity index (χ3n) is 10.9. The summed E-state index contributed by atoms with van der Waals surface area (Å²) in [5.41, 5.74) is -5.84. The average Bonchev–Trinajstić information content (AvgIpc) is 3.09. The number of rotatable bonds is 5. The molecule has 0 amide bonds. The molecule has 0 aromatic carbocycles. The zero-order chi connectivity index (χ0) is 28.7. The minimum atomic E-state index is -2.10. The molecule has 4 aliphatic carbocycles. The minimum Gasteiger partial charge on any atom is -0.394 e. The number of carbonyl (C=O) groups is 2. The fourth-order valence-electron chi connectivity index (χ4n) is 8.61. The number of aliphatic hydroxyl groups is 6. The molecule has 0 radical (unpaired) electrons. The fraction of sp³-hybridized carbons (Fsp3) is 0.786. The number of allylic oxidation sites excluding steroid dienone is 4. The van der Waals surface area contributed by atoms with E-state index < -0.39 is 95.7 Å². The van der Waals surface area contributed by atoms with Crippen LogP contribution in [-0.4, -0.2) is 103 Å². The number of Topliss-reactive ketones (excluding diaryl/α,β-unsaturated/α-hetero) is 1. The summed E-state index contributed by atoms with van der Waals surface area (Å²) in [5, 5.41) is 63.1. The van der Waals surface area contributed by atoms with Crippen molar-refractivity contribution in [1.29, 1.82) is 0 Å². The van der Waals surface area contributed by atoms with Gasteiger partial charge in [0.15, 0.2) is 23.5 Å². The van der Waals surface area contributed by atoms with E-state index >= 15 is 4.39 Å². The van der Waals surface area contributed by atoms with Gasteiger partial charge in [0.1, 0.15) is 36.6 Å². The highest BCUT2D eigenvalue weighted by atomic mass is 19.1. The topological polar surface area (TPSA) is 174 Å². The van der Waals surface area contributed by atoms with Crippen molar-refractivity contribution >= 4 is 11.6 Å². The Kier molecular flexibility index (Phi) is 7.04. The number of ketones is 2. The number of halogens is 1. The van der Waals surface area contributed by atoms with Gasteiger partial charge in [-0.1, -0.05) is 25.5 Å². The van der Waals surface area contributed by atoms with Crippen molar-refractivity contribution in [3.05, 3.63) is 23.8 Å². The zero-order valence-electron chi connectivity index (χ0n) is 22.4. The van der Waals surface area contributed by atoms with E-state index in [1.54, 1.807) is 26.8 Å². The standard InChI is InChI=1S/C28H39FO10/c1-13-8-17-16-5-4-14-9-15(31)6-7-25(14,2)27(16,29)19(32)10-26(17,3)28(13,37)20(33)12-38-24-23(36)22(35)21(34)18(11-30)39-24/h6-7,9,13,16-19,21-24,30,32,34-37H,4-5,8,10-12H2,1-3H3/t13-,16?,17?,18-,19?,21-,22+,23-,24-,25?,26?,27+,28+/m1/s1. The number of ether oxygens (including phenoxy) is 2. The summed E-state index contributed by atoms with van der Waals surface area (Å²) >= 11 is 0. The molecular weight excluding hydrogens is 515 g/mol. The second-order valence-electron chi connectivity index (χ2n) is 12.6. The smallest absolute Gasteiger partial charge is 0.190 e. The van der Waals surface area contributed by atoms with Crippen LogP contribution in [0.5, 0.6) is 0 Å². The Balaban J connectivity index is 1.40. The molecule has 0 spiro atoms. The van der Waals surface area contributed by atoms with Gasteiger partial charge in [0.2, 0.25) is 0 Å². The monoisotopic (exact) mass is 554 g/mol. The van der Waals surface area contributed by atoms with Gasteiger partial charge in [-0.05, 0) is 56.6 Å². The van der Waals surface area contributed by atoms with Crippen LogP contribution in [0.3, 0.4) is 0 Å². The van der Waals surface area contributed by atoms with E-state index in [1.807, 2.05) is 0 Å². The van der Waals surface area contributed by atoms with Crippen molar-refractivity contribution in [3.63, 3.8) is 0 Å². The average molecular weight is 555 g/mol. The third-order valence-corrected chi connectivity index (χ3v) is 10.9. The summed E-state index contributed by atoms with van der Waals surface area (Å²) in [5.74, 6) is -2.69. The van der Waals surface area contributed by atoms with Crippen molar-refractivity contribution in [2.75, 3.05) is 13.2 Å². The molecule has 1 saturated heterocycles. The number of hydrogen-bond donors (Lipinski definition) is 6. The van der Waals surface area contributed by atoms with Crippen LogP contribution in [0.2, 0.25) is 0 Å². The van der Waals surface area contributed by atoms with E-state index in [4.69, 9.17) is 9.47 Å². The molecule has 218 valence electrons. The van der Waals surface area contributed by atoms with Crippen LogP contribution in [0.25, 0.3) is 0 Å². The Morgan fingerprint density at radius 1 is 1.15 bits per heavy atom. The number of hydrogen-bond acceptors (Lipinski definition) is 10. The van der Waals surface area contributed by atoms with Crippen molar-refractivity contribution in [3.8, 4) is 0 Å². The summed E-state index contributed by atoms with van der Waals surface area (Å²) in [7, 11) is 0. The van der Waals surface area contributed by atoms with Crippen LogP contribution >= 0.6 is 0 Å². The van der Waals surface area contributed by atoms with Gasteiger partial charge in [-0.25, -0.2) is 4.39 Å². The number of fused-ring (bicyclic) bond motifs is 5. The highest BCUT2D eigenvalue weighted by molar-refractivity contribution is 6.01. The Morgan fingerprint density at radius 3 is 2.51 bits per heavy atom. The van der Waals surface area contributed by atoms with Crippen LogP contribution in [-0.2, 0) is 19.1 Å². The molecule has 5 unspecified atom stereocenters. The van der Waals surface area contributed by atoms with Gasteiger partial charge in [0.25, 0.3) is 0 Å². The van der Waals surface area contributed by atoms with Gasteiger partial charge in [-0.2, -0.15) is 0 Å². The Labute approximate surface area is 226 Å². The van der Waals surface area contributed by atoms with Crippen LogP contribution in [0.1, 0.15) is 46.5 Å². The maximum Gasteiger partial charge on any atom is 0.190 e. The van der Waals surface area contributed by atoms with Gasteiger partial charge in [-0.3, -0.25) is 9.59 Å². The van der Waals surface area contributed by atoms with Crippen LogP contribution in [0.15, 0.2) is 23.8 Å². The largest absolute Gasteiger partial charge is 0.394 e. The molecule has 3 saturated carbocycles. The lowest BCUT2D eigenvalue weighted by Gasteiger charge is -2.62. The van der Waals surface area contributed by atoms with Crippen molar-refractivity contribution in [1.82, 2.24) is 0 Å². The van der Waals surface area contributed by atoms with Gasteiger partial charge >= 0.3 is 0 Å². The van der Waals surface area contributed by atoms with Gasteiger partial charge in [-0.15, -0.1) is 0 Å². The minimum absolute atomic E-state index is 0.193. The molecule has 10 nitrogen and oxygen atoms in total. The second kappa shape index (κ2) is 9.49. The van der Waals surface area contributed by atoms with E-state index in [2.05, 4.69) is 0 Å². The molecule has 1 heterocycles. The summed E-state index contributed by atoms with van der Waals surface area (Å²) in [6.45, 7) is 3.72. The number of carbonyl (C=O) groups excluding carboxylic acids is 2.